The molecular formula is C6H10N2O5. The van der Waals surface area contributed by atoms with E-state index in [0.717, 1.165) is 0 Å². The fourth-order valence-electron chi connectivity index (χ4n) is 1.53. The van der Waals surface area contributed by atoms with Gasteiger partial charge in [0.15, 0.2) is 0 Å². The number of hydrogen-bond donors (Lipinski definition) is 1. The Labute approximate surface area is 73.7 Å². The predicted molar refractivity (Wildman–Crippen MR) is 41.4 cm³/mol. The molecule has 0 aromatic carbocycles. The molecule has 0 bridgehead atoms. The minimum Gasteiger partial charge on any atom is -0.386 e. The molecule has 0 amide bonds. The summed E-state index contributed by atoms with van der Waals surface area (Å²) in [6, 6.07) is -2.05. The third-order valence-corrected chi connectivity index (χ3v) is 2.32. The zero-order chi connectivity index (χ0) is 10.0. The van der Waals surface area contributed by atoms with Crippen molar-refractivity contribution < 1.29 is 15.0 Å². The third kappa shape index (κ3) is 2.11. The van der Waals surface area contributed by atoms with Gasteiger partial charge < -0.3 is 5.11 Å². The van der Waals surface area contributed by atoms with Gasteiger partial charge in [-0.25, -0.2) is 0 Å². The van der Waals surface area contributed by atoms with Crippen molar-refractivity contribution in [1.82, 2.24) is 0 Å². The van der Waals surface area contributed by atoms with Crippen LogP contribution < -0.4 is 0 Å². The second kappa shape index (κ2) is 3.65. The van der Waals surface area contributed by atoms with Crippen molar-refractivity contribution in [2.75, 3.05) is 0 Å². The Bertz CT molecular complexity index is 231. The topological polar surface area (TPSA) is 107 Å². The molecule has 0 aliphatic heterocycles. The molecular weight excluding hydrogens is 180 g/mol. The van der Waals surface area contributed by atoms with Crippen molar-refractivity contribution >= 4 is 0 Å². The van der Waals surface area contributed by atoms with Crippen molar-refractivity contribution in [3.63, 3.8) is 0 Å². The van der Waals surface area contributed by atoms with Crippen molar-refractivity contribution in [3.8, 4) is 0 Å². The molecule has 3 atom stereocenters. The number of nitro groups is 2. The quantitative estimate of drug-likeness (QED) is 0.480. The minimum absolute atomic E-state index is 0.136. The average molecular weight is 190 g/mol. The minimum atomic E-state index is -1.18. The standard InChI is InChI=1S/C6H10N2O5/c9-6-2-1-4(7(10)11)3-5(6)8(12)13/h4-6,9H,1-3H2. The molecule has 7 nitrogen and oxygen atoms in total. The molecule has 0 saturated heterocycles. The zero-order valence-corrected chi connectivity index (χ0v) is 6.83. The van der Waals surface area contributed by atoms with E-state index in [-0.39, 0.29) is 19.3 Å². The molecule has 0 aromatic rings. The second-order valence-corrected chi connectivity index (χ2v) is 3.17. The fourth-order valence-corrected chi connectivity index (χ4v) is 1.53. The average Bonchev–Trinajstić information content (AvgIpc) is 2.04. The Balaban J connectivity index is 2.63. The highest BCUT2D eigenvalue weighted by molar-refractivity contribution is 4.79. The van der Waals surface area contributed by atoms with Crippen molar-refractivity contribution in [3.05, 3.63) is 20.2 Å². The van der Waals surface area contributed by atoms with Crippen LogP contribution in [0, 0.1) is 20.2 Å². The monoisotopic (exact) mass is 190 g/mol. The van der Waals surface area contributed by atoms with Gasteiger partial charge in [-0.3, -0.25) is 20.2 Å². The number of aliphatic hydroxyl groups excluding tert-OH is 1. The first-order valence-corrected chi connectivity index (χ1v) is 3.97. The predicted octanol–water partition coefficient (Wildman–Crippen LogP) is -0.178. The molecule has 1 aliphatic rings. The zero-order valence-electron chi connectivity index (χ0n) is 6.83. The molecule has 7 heteroatoms. The summed E-state index contributed by atoms with van der Waals surface area (Å²) in [5, 5.41) is 29.9. The van der Waals surface area contributed by atoms with E-state index in [2.05, 4.69) is 0 Å². The first-order valence-electron chi connectivity index (χ1n) is 3.97. The maximum Gasteiger partial charge on any atom is 0.245 e. The largest absolute Gasteiger partial charge is 0.386 e. The summed E-state index contributed by atoms with van der Waals surface area (Å²) in [6.45, 7) is 0. The summed E-state index contributed by atoms with van der Waals surface area (Å²) in [5.41, 5.74) is 0. The summed E-state index contributed by atoms with van der Waals surface area (Å²) in [6.07, 6.45) is -0.844. The van der Waals surface area contributed by atoms with Gasteiger partial charge in [0, 0.05) is 16.3 Å². The fraction of sp³-hybridized carbons (Fsp3) is 1.00. The van der Waals surface area contributed by atoms with Crippen molar-refractivity contribution in [2.24, 2.45) is 0 Å². The Morgan fingerprint density at radius 3 is 2.23 bits per heavy atom. The molecule has 1 N–H and O–H groups in total. The molecule has 74 valence electrons. The van der Waals surface area contributed by atoms with Crippen LogP contribution in [0.1, 0.15) is 19.3 Å². The lowest BCUT2D eigenvalue weighted by Crippen LogP contribution is -2.43. The molecule has 0 aromatic heterocycles. The Morgan fingerprint density at radius 2 is 1.77 bits per heavy atom. The lowest BCUT2D eigenvalue weighted by atomic mass is 9.89. The smallest absolute Gasteiger partial charge is 0.245 e. The van der Waals surface area contributed by atoms with Crippen LogP contribution in [-0.2, 0) is 0 Å². The van der Waals surface area contributed by atoms with E-state index in [1.54, 1.807) is 0 Å². The highest BCUT2D eigenvalue weighted by Gasteiger charge is 2.42. The van der Waals surface area contributed by atoms with E-state index in [0.29, 0.717) is 0 Å². The van der Waals surface area contributed by atoms with Crippen LogP contribution in [0.2, 0.25) is 0 Å². The number of nitrogens with zero attached hydrogens (tertiary/aromatic N) is 2. The van der Waals surface area contributed by atoms with Gasteiger partial charge in [0.25, 0.3) is 0 Å². The Morgan fingerprint density at radius 1 is 1.15 bits per heavy atom. The van der Waals surface area contributed by atoms with E-state index >= 15 is 0 Å². The molecule has 3 unspecified atom stereocenters. The molecule has 1 aliphatic carbocycles. The summed E-state index contributed by atoms with van der Waals surface area (Å²) < 4.78 is 0. The SMILES string of the molecule is O=[N+]([O-])C1CCC(O)C([N+](=O)[O-])C1. The van der Waals surface area contributed by atoms with Crippen molar-refractivity contribution in [2.45, 2.75) is 37.5 Å². The van der Waals surface area contributed by atoms with Crippen LogP contribution in [-0.4, -0.2) is 33.1 Å². The summed E-state index contributed by atoms with van der Waals surface area (Å²) in [5.74, 6) is 0. The van der Waals surface area contributed by atoms with Gasteiger partial charge in [-0.1, -0.05) is 0 Å². The number of hydrogen-bond acceptors (Lipinski definition) is 5. The Kier molecular flexibility index (Phi) is 2.76. The lowest BCUT2D eigenvalue weighted by molar-refractivity contribution is -0.575. The van der Waals surface area contributed by atoms with E-state index in [1.807, 2.05) is 0 Å². The van der Waals surface area contributed by atoms with Gasteiger partial charge in [0.2, 0.25) is 12.1 Å². The van der Waals surface area contributed by atoms with Crippen LogP contribution in [0.3, 0.4) is 0 Å². The van der Waals surface area contributed by atoms with Gasteiger partial charge in [0.1, 0.15) is 6.10 Å². The first-order chi connectivity index (χ1) is 6.02. The van der Waals surface area contributed by atoms with Crippen molar-refractivity contribution in [1.29, 1.82) is 0 Å². The van der Waals surface area contributed by atoms with E-state index < -0.39 is 28.0 Å². The summed E-state index contributed by atoms with van der Waals surface area (Å²) in [7, 11) is 0. The summed E-state index contributed by atoms with van der Waals surface area (Å²) in [4.78, 5) is 19.5. The van der Waals surface area contributed by atoms with Gasteiger partial charge >= 0.3 is 0 Å². The van der Waals surface area contributed by atoms with E-state index in [4.69, 9.17) is 0 Å². The molecule has 0 heterocycles. The molecule has 1 fully saturated rings. The van der Waals surface area contributed by atoms with Gasteiger partial charge in [-0.15, -0.1) is 0 Å². The second-order valence-electron chi connectivity index (χ2n) is 3.17. The molecule has 1 rings (SSSR count). The highest BCUT2D eigenvalue weighted by atomic mass is 16.6. The maximum absolute atomic E-state index is 10.4. The first kappa shape index (κ1) is 9.85. The molecule has 0 spiro atoms. The van der Waals surface area contributed by atoms with Crippen LogP contribution in [0.25, 0.3) is 0 Å². The highest BCUT2D eigenvalue weighted by Crippen LogP contribution is 2.22. The number of rotatable bonds is 2. The van der Waals surface area contributed by atoms with E-state index in [9.17, 15) is 25.3 Å². The van der Waals surface area contributed by atoms with Crippen LogP contribution in [0.15, 0.2) is 0 Å². The normalized spacial score (nSPS) is 34.1. The molecule has 13 heavy (non-hydrogen) atoms. The third-order valence-electron chi connectivity index (χ3n) is 2.32. The van der Waals surface area contributed by atoms with Crippen LogP contribution in [0.5, 0.6) is 0 Å². The maximum atomic E-state index is 10.4. The summed E-state index contributed by atoms with van der Waals surface area (Å²) >= 11 is 0. The Hall–Kier alpha value is -1.24. The number of aliphatic hydroxyl groups is 1. The lowest BCUT2D eigenvalue weighted by Gasteiger charge is -2.22. The van der Waals surface area contributed by atoms with Crippen LogP contribution >= 0.6 is 0 Å². The van der Waals surface area contributed by atoms with Gasteiger partial charge in [-0.05, 0) is 6.42 Å². The molecule has 0 radical (unpaired) electrons. The van der Waals surface area contributed by atoms with Crippen LogP contribution in [0.4, 0.5) is 0 Å². The van der Waals surface area contributed by atoms with E-state index in [1.165, 1.54) is 0 Å². The van der Waals surface area contributed by atoms with Gasteiger partial charge in [-0.2, -0.15) is 0 Å². The van der Waals surface area contributed by atoms with Gasteiger partial charge in [0.05, 0.1) is 6.42 Å². The molecule has 1 saturated carbocycles.